The Bertz CT molecular complexity index is 702. The smallest absolute Gasteiger partial charge is 0.329 e. The molecule has 0 aromatic heterocycles. The molecule has 2 aromatic rings. The molecule has 0 saturated carbocycles. The second-order valence-corrected chi connectivity index (χ2v) is 4.75. The number of carbonyl (C=O) groups is 2. The number of rotatable bonds is 5. The number of carbonyl (C=O) groups excluding carboxylic acids is 2. The molecular weight excluding hydrogens is 297 g/mol. The third-order valence-electron chi connectivity index (χ3n) is 2.98. The van der Waals surface area contributed by atoms with Crippen molar-refractivity contribution < 1.29 is 14.0 Å². The number of nitrogens with one attached hydrogen (secondary N) is 2. The third-order valence-corrected chi connectivity index (χ3v) is 2.98. The zero-order chi connectivity index (χ0) is 16.5. The van der Waals surface area contributed by atoms with Crippen LogP contribution in [-0.2, 0) is 16.0 Å². The third kappa shape index (κ3) is 5.70. The molecule has 0 atom stereocenters. The fraction of sp³-hybridized carbons (Fsp3) is 0.118. The summed E-state index contributed by atoms with van der Waals surface area (Å²) >= 11 is 0. The fourth-order valence-corrected chi connectivity index (χ4v) is 1.85. The molecular formula is C17H16FN3O2. The molecule has 0 fully saturated rings. The molecule has 0 radical (unpaired) electrons. The Balaban J connectivity index is 1.73. The minimum Gasteiger partial charge on any atom is -0.347 e. The van der Waals surface area contributed by atoms with Gasteiger partial charge >= 0.3 is 11.8 Å². The van der Waals surface area contributed by atoms with Gasteiger partial charge in [-0.2, -0.15) is 5.10 Å². The van der Waals surface area contributed by atoms with Crippen LogP contribution in [0.3, 0.4) is 0 Å². The van der Waals surface area contributed by atoms with E-state index in [4.69, 9.17) is 0 Å². The Hall–Kier alpha value is -3.02. The Morgan fingerprint density at radius 2 is 1.83 bits per heavy atom. The molecule has 0 bridgehead atoms. The van der Waals surface area contributed by atoms with Crippen LogP contribution in [0.5, 0.6) is 0 Å². The molecule has 23 heavy (non-hydrogen) atoms. The van der Waals surface area contributed by atoms with E-state index in [1.165, 1.54) is 24.4 Å². The lowest BCUT2D eigenvalue weighted by atomic mass is 10.1. The summed E-state index contributed by atoms with van der Waals surface area (Å²) in [6, 6.07) is 15.3. The van der Waals surface area contributed by atoms with E-state index in [1.807, 2.05) is 30.3 Å². The predicted molar refractivity (Wildman–Crippen MR) is 85.3 cm³/mol. The SMILES string of the molecule is O=C(NCCc1ccccc1)C(=O)N/N=C\c1cccc(F)c1. The van der Waals surface area contributed by atoms with Crippen LogP contribution in [0.1, 0.15) is 11.1 Å². The first-order valence-corrected chi connectivity index (χ1v) is 7.06. The summed E-state index contributed by atoms with van der Waals surface area (Å²) in [7, 11) is 0. The van der Waals surface area contributed by atoms with Gasteiger partial charge in [-0.05, 0) is 29.7 Å². The maximum absolute atomic E-state index is 12.9. The number of hydrogen-bond donors (Lipinski definition) is 2. The molecule has 0 aliphatic carbocycles. The van der Waals surface area contributed by atoms with Crippen molar-refractivity contribution in [3.8, 4) is 0 Å². The molecule has 0 aliphatic rings. The summed E-state index contributed by atoms with van der Waals surface area (Å²) in [6.45, 7) is 0.351. The van der Waals surface area contributed by atoms with Crippen LogP contribution in [0.2, 0.25) is 0 Å². The van der Waals surface area contributed by atoms with Gasteiger partial charge in [-0.15, -0.1) is 0 Å². The van der Waals surface area contributed by atoms with Gasteiger partial charge in [0.05, 0.1) is 6.21 Å². The van der Waals surface area contributed by atoms with Crippen molar-refractivity contribution in [3.05, 3.63) is 71.5 Å². The largest absolute Gasteiger partial charge is 0.347 e. The van der Waals surface area contributed by atoms with Gasteiger partial charge < -0.3 is 5.32 Å². The lowest BCUT2D eigenvalue weighted by Crippen LogP contribution is -2.38. The van der Waals surface area contributed by atoms with Gasteiger partial charge in [-0.1, -0.05) is 42.5 Å². The second kappa shape index (κ2) is 8.43. The van der Waals surface area contributed by atoms with E-state index in [0.717, 1.165) is 5.56 Å². The first-order chi connectivity index (χ1) is 11.1. The molecule has 118 valence electrons. The van der Waals surface area contributed by atoms with Crippen LogP contribution in [0.15, 0.2) is 59.7 Å². The van der Waals surface area contributed by atoms with E-state index in [2.05, 4.69) is 15.8 Å². The Morgan fingerprint density at radius 3 is 2.57 bits per heavy atom. The predicted octanol–water partition coefficient (Wildman–Crippen LogP) is 1.63. The van der Waals surface area contributed by atoms with Crippen molar-refractivity contribution in [2.45, 2.75) is 6.42 Å². The van der Waals surface area contributed by atoms with Gasteiger partial charge in [0.1, 0.15) is 5.82 Å². The molecule has 2 N–H and O–H groups in total. The van der Waals surface area contributed by atoms with E-state index in [-0.39, 0.29) is 0 Å². The van der Waals surface area contributed by atoms with Gasteiger partial charge in [0.2, 0.25) is 0 Å². The highest BCUT2D eigenvalue weighted by Gasteiger charge is 2.11. The van der Waals surface area contributed by atoms with E-state index >= 15 is 0 Å². The van der Waals surface area contributed by atoms with Crippen molar-refractivity contribution in [2.24, 2.45) is 5.10 Å². The summed E-state index contributed by atoms with van der Waals surface area (Å²) < 4.78 is 12.9. The summed E-state index contributed by atoms with van der Waals surface area (Å²) in [6.07, 6.45) is 1.89. The standard InChI is InChI=1S/C17H16FN3O2/c18-15-8-4-7-14(11-15)12-20-21-17(23)16(22)19-10-9-13-5-2-1-3-6-13/h1-8,11-12H,9-10H2,(H,19,22)(H,21,23)/b20-12-. The van der Waals surface area contributed by atoms with Crippen LogP contribution < -0.4 is 10.7 Å². The first-order valence-electron chi connectivity index (χ1n) is 7.06. The highest BCUT2D eigenvalue weighted by atomic mass is 19.1. The van der Waals surface area contributed by atoms with Gasteiger partial charge in [0, 0.05) is 6.54 Å². The van der Waals surface area contributed by atoms with E-state index in [1.54, 1.807) is 6.07 Å². The molecule has 0 aliphatic heterocycles. The van der Waals surface area contributed by atoms with Gasteiger partial charge in [-0.3, -0.25) is 9.59 Å². The molecule has 0 saturated heterocycles. The topological polar surface area (TPSA) is 70.6 Å². The van der Waals surface area contributed by atoms with Crippen molar-refractivity contribution in [1.29, 1.82) is 0 Å². The van der Waals surface area contributed by atoms with Crippen LogP contribution in [0.4, 0.5) is 4.39 Å². The van der Waals surface area contributed by atoms with Gasteiger partial charge in [0.25, 0.3) is 0 Å². The summed E-state index contributed by atoms with van der Waals surface area (Å²) in [4.78, 5) is 23.1. The van der Waals surface area contributed by atoms with E-state index in [9.17, 15) is 14.0 Å². The Kier molecular flexibility index (Phi) is 5.99. The van der Waals surface area contributed by atoms with Crippen molar-refractivity contribution >= 4 is 18.0 Å². The van der Waals surface area contributed by atoms with Gasteiger partial charge in [-0.25, -0.2) is 9.82 Å². The van der Waals surface area contributed by atoms with Gasteiger partial charge in [0.15, 0.2) is 0 Å². The first kappa shape index (κ1) is 16.4. The number of benzene rings is 2. The minimum atomic E-state index is -0.870. The molecule has 6 heteroatoms. The average Bonchev–Trinajstić information content (AvgIpc) is 2.55. The van der Waals surface area contributed by atoms with Crippen molar-refractivity contribution in [1.82, 2.24) is 10.7 Å². The maximum atomic E-state index is 12.9. The number of hydrogen-bond acceptors (Lipinski definition) is 3. The molecule has 0 spiro atoms. The molecule has 2 aromatic carbocycles. The van der Waals surface area contributed by atoms with Crippen LogP contribution in [0, 0.1) is 5.82 Å². The molecule has 5 nitrogen and oxygen atoms in total. The van der Waals surface area contributed by atoms with E-state index in [0.29, 0.717) is 18.5 Å². The highest BCUT2D eigenvalue weighted by Crippen LogP contribution is 2.00. The number of halogens is 1. The lowest BCUT2D eigenvalue weighted by Gasteiger charge is -2.04. The number of nitrogens with zero attached hydrogens (tertiary/aromatic N) is 1. The second-order valence-electron chi connectivity index (χ2n) is 4.75. The maximum Gasteiger partial charge on any atom is 0.329 e. The lowest BCUT2D eigenvalue weighted by molar-refractivity contribution is -0.139. The number of hydrazone groups is 1. The minimum absolute atomic E-state index is 0.351. The summed E-state index contributed by atoms with van der Waals surface area (Å²) in [5.41, 5.74) is 3.64. The zero-order valence-corrected chi connectivity index (χ0v) is 12.3. The molecule has 0 unspecified atom stereocenters. The molecule has 2 amide bonds. The van der Waals surface area contributed by atoms with Crippen molar-refractivity contribution in [3.63, 3.8) is 0 Å². The van der Waals surface area contributed by atoms with Crippen molar-refractivity contribution in [2.75, 3.05) is 6.54 Å². The zero-order valence-electron chi connectivity index (χ0n) is 12.3. The Labute approximate surface area is 133 Å². The van der Waals surface area contributed by atoms with Crippen LogP contribution in [0.25, 0.3) is 0 Å². The van der Waals surface area contributed by atoms with Crippen LogP contribution >= 0.6 is 0 Å². The Morgan fingerprint density at radius 1 is 1.04 bits per heavy atom. The normalized spacial score (nSPS) is 10.5. The highest BCUT2D eigenvalue weighted by molar-refractivity contribution is 6.35. The summed E-state index contributed by atoms with van der Waals surface area (Å²) in [5.74, 6) is -2.04. The number of amides is 2. The monoisotopic (exact) mass is 313 g/mol. The quantitative estimate of drug-likeness (QED) is 0.500. The van der Waals surface area contributed by atoms with E-state index < -0.39 is 17.6 Å². The molecule has 0 heterocycles. The average molecular weight is 313 g/mol. The summed E-state index contributed by atoms with van der Waals surface area (Å²) in [5, 5.41) is 6.12. The molecule has 2 rings (SSSR count). The van der Waals surface area contributed by atoms with Crippen LogP contribution in [-0.4, -0.2) is 24.6 Å². The fourth-order valence-electron chi connectivity index (χ4n) is 1.85.